The maximum absolute atomic E-state index is 11.8. The van der Waals surface area contributed by atoms with E-state index in [1.165, 1.54) is 18.0 Å². The van der Waals surface area contributed by atoms with Crippen molar-refractivity contribution in [2.24, 2.45) is 0 Å². The van der Waals surface area contributed by atoms with Gasteiger partial charge in [0.05, 0.1) is 5.75 Å². The Hall–Kier alpha value is -1.60. The van der Waals surface area contributed by atoms with Gasteiger partial charge in [-0.1, -0.05) is 33.8 Å². The summed E-state index contributed by atoms with van der Waals surface area (Å²) in [6, 6.07) is 7.40. The van der Waals surface area contributed by atoms with Crippen molar-refractivity contribution in [1.29, 1.82) is 0 Å². The number of anilines is 2. The van der Waals surface area contributed by atoms with Crippen molar-refractivity contribution >= 4 is 45.1 Å². The van der Waals surface area contributed by atoms with Crippen LogP contribution in [0.5, 0.6) is 0 Å². The minimum Gasteiger partial charge on any atom is -0.381 e. The van der Waals surface area contributed by atoms with Gasteiger partial charge in [-0.25, -0.2) is 9.97 Å². The molecule has 0 unspecified atom stereocenters. The third kappa shape index (κ3) is 4.22. The van der Waals surface area contributed by atoms with Gasteiger partial charge in [0.2, 0.25) is 5.91 Å². The fourth-order valence-electron chi connectivity index (χ4n) is 1.34. The molecule has 0 aliphatic rings. The molecule has 1 aromatic heterocycles. The van der Waals surface area contributed by atoms with Gasteiger partial charge in [0, 0.05) is 22.6 Å². The molecule has 0 aliphatic heterocycles. The largest absolute Gasteiger partial charge is 0.381 e. The molecule has 0 radical (unpaired) electrons. The van der Waals surface area contributed by atoms with Crippen LogP contribution in [-0.2, 0) is 4.79 Å². The average molecular weight is 339 g/mol. The number of hydrogen-bond acceptors (Lipinski definition) is 5. The van der Waals surface area contributed by atoms with Crippen molar-refractivity contribution in [3.05, 3.63) is 41.1 Å². The summed E-state index contributed by atoms with van der Waals surface area (Å²) in [7, 11) is 0. The summed E-state index contributed by atoms with van der Waals surface area (Å²) in [5.41, 5.74) is 6.39. The Morgan fingerprint density at radius 1 is 1.37 bits per heavy atom. The molecule has 0 bridgehead atoms. The van der Waals surface area contributed by atoms with E-state index in [-0.39, 0.29) is 11.7 Å². The van der Waals surface area contributed by atoms with E-state index in [9.17, 15) is 4.79 Å². The smallest absolute Gasteiger partial charge is 0.234 e. The maximum Gasteiger partial charge on any atom is 0.234 e. The average Bonchev–Trinajstić information content (AvgIpc) is 2.38. The Balaban J connectivity index is 1.90. The number of aromatic nitrogens is 2. The highest BCUT2D eigenvalue weighted by Crippen LogP contribution is 2.20. The molecular weight excluding hydrogens is 328 g/mol. The summed E-state index contributed by atoms with van der Waals surface area (Å²) in [6.45, 7) is 0. The quantitative estimate of drug-likeness (QED) is 0.837. The SMILES string of the molecule is Nc1nccnc1SCC(=O)Nc1cccc(Br)c1. The van der Waals surface area contributed by atoms with E-state index in [1.807, 2.05) is 24.3 Å². The first-order chi connectivity index (χ1) is 9.15. The second-order valence-corrected chi connectivity index (χ2v) is 5.47. The molecule has 0 atom stereocenters. The first-order valence-corrected chi connectivity index (χ1v) is 7.18. The molecule has 0 fully saturated rings. The van der Waals surface area contributed by atoms with Crippen LogP contribution in [0.3, 0.4) is 0 Å². The lowest BCUT2D eigenvalue weighted by Crippen LogP contribution is -2.14. The number of carbonyl (C=O) groups excluding carboxylic acids is 1. The van der Waals surface area contributed by atoms with Crippen molar-refractivity contribution in [3.63, 3.8) is 0 Å². The first-order valence-electron chi connectivity index (χ1n) is 5.40. The van der Waals surface area contributed by atoms with Gasteiger partial charge in [-0.3, -0.25) is 4.79 Å². The zero-order valence-corrected chi connectivity index (χ0v) is 12.2. The predicted octanol–water partition coefficient (Wildman–Crippen LogP) is 2.55. The molecule has 0 spiro atoms. The molecule has 0 aliphatic carbocycles. The molecule has 5 nitrogen and oxygen atoms in total. The van der Waals surface area contributed by atoms with Gasteiger partial charge < -0.3 is 11.1 Å². The lowest BCUT2D eigenvalue weighted by Gasteiger charge is -2.05. The first kappa shape index (κ1) is 13.8. The van der Waals surface area contributed by atoms with Crippen LogP contribution in [-0.4, -0.2) is 21.6 Å². The van der Waals surface area contributed by atoms with Gasteiger partial charge in [-0.05, 0) is 18.2 Å². The zero-order chi connectivity index (χ0) is 13.7. The van der Waals surface area contributed by atoms with Gasteiger partial charge >= 0.3 is 0 Å². The van der Waals surface area contributed by atoms with Crippen LogP contribution >= 0.6 is 27.7 Å². The van der Waals surface area contributed by atoms with Crippen LogP contribution in [0.25, 0.3) is 0 Å². The number of nitrogens with zero attached hydrogens (tertiary/aromatic N) is 2. The van der Waals surface area contributed by atoms with E-state index in [1.54, 1.807) is 6.20 Å². The normalized spacial score (nSPS) is 10.2. The van der Waals surface area contributed by atoms with E-state index >= 15 is 0 Å². The summed E-state index contributed by atoms with van der Waals surface area (Å²) in [6.07, 6.45) is 3.06. The molecule has 2 rings (SSSR count). The van der Waals surface area contributed by atoms with Gasteiger partial charge in [-0.15, -0.1) is 0 Å². The summed E-state index contributed by atoms with van der Waals surface area (Å²) < 4.78 is 0.913. The highest BCUT2D eigenvalue weighted by molar-refractivity contribution is 9.10. The van der Waals surface area contributed by atoms with Crippen molar-refractivity contribution < 1.29 is 4.79 Å². The minimum absolute atomic E-state index is 0.117. The fraction of sp³-hybridized carbons (Fsp3) is 0.0833. The van der Waals surface area contributed by atoms with Gasteiger partial charge in [0.1, 0.15) is 5.03 Å². The Kier molecular flexibility index (Phi) is 4.75. The summed E-state index contributed by atoms with van der Waals surface area (Å²) >= 11 is 4.60. The topological polar surface area (TPSA) is 80.9 Å². The predicted molar refractivity (Wildman–Crippen MR) is 79.9 cm³/mol. The van der Waals surface area contributed by atoms with Gasteiger partial charge in [0.15, 0.2) is 5.82 Å². The number of rotatable bonds is 4. The Labute approximate surface area is 123 Å². The third-order valence-corrected chi connectivity index (χ3v) is 3.63. The molecule has 0 saturated heterocycles. The highest BCUT2D eigenvalue weighted by Gasteiger charge is 2.07. The molecule has 1 amide bonds. The molecule has 19 heavy (non-hydrogen) atoms. The highest BCUT2D eigenvalue weighted by atomic mass is 79.9. The van der Waals surface area contributed by atoms with Crippen molar-refractivity contribution in [1.82, 2.24) is 9.97 Å². The Morgan fingerprint density at radius 2 is 2.16 bits per heavy atom. The molecule has 2 aromatic rings. The van der Waals surface area contributed by atoms with E-state index in [4.69, 9.17) is 5.73 Å². The molecule has 0 saturated carbocycles. The lowest BCUT2D eigenvalue weighted by atomic mass is 10.3. The minimum atomic E-state index is -0.117. The van der Waals surface area contributed by atoms with E-state index in [2.05, 4.69) is 31.2 Å². The number of carbonyl (C=O) groups is 1. The van der Waals surface area contributed by atoms with Crippen molar-refractivity contribution in [2.45, 2.75) is 5.03 Å². The Bertz CT molecular complexity index is 593. The number of nitrogens with one attached hydrogen (secondary N) is 1. The van der Waals surface area contributed by atoms with Crippen LogP contribution in [0.2, 0.25) is 0 Å². The Morgan fingerprint density at radius 3 is 2.89 bits per heavy atom. The van der Waals surface area contributed by atoms with Crippen molar-refractivity contribution in [3.8, 4) is 0 Å². The molecule has 7 heteroatoms. The number of nitrogen functional groups attached to an aromatic ring is 1. The standard InChI is InChI=1S/C12H11BrN4OS/c13-8-2-1-3-9(6-8)17-10(18)7-19-12-11(14)15-4-5-16-12/h1-6H,7H2,(H2,14,15)(H,17,18). The second kappa shape index (κ2) is 6.53. The fourth-order valence-corrected chi connectivity index (χ4v) is 2.42. The van der Waals surface area contributed by atoms with E-state index < -0.39 is 0 Å². The number of halogens is 1. The van der Waals surface area contributed by atoms with E-state index in [0.29, 0.717) is 10.8 Å². The van der Waals surface area contributed by atoms with Crippen LogP contribution in [0.4, 0.5) is 11.5 Å². The lowest BCUT2D eigenvalue weighted by molar-refractivity contribution is -0.113. The van der Waals surface area contributed by atoms with Crippen LogP contribution < -0.4 is 11.1 Å². The zero-order valence-electron chi connectivity index (χ0n) is 9.84. The number of amides is 1. The van der Waals surface area contributed by atoms with E-state index in [0.717, 1.165) is 10.2 Å². The molecule has 1 aromatic carbocycles. The number of benzene rings is 1. The van der Waals surface area contributed by atoms with Crippen LogP contribution in [0.15, 0.2) is 46.2 Å². The third-order valence-electron chi connectivity index (χ3n) is 2.14. The monoisotopic (exact) mass is 338 g/mol. The van der Waals surface area contributed by atoms with Crippen molar-refractivity contribution in [2.75, 3.05) is 16.8 Å². The van der Waals surface area contributed by atoms with Crippen LogP contribution in [0.1, 0.15) is 0 Å². The summed E-state index contributed by atoms with van der Waals surface area (Å²) in [4.78, 5) is 19.7. The summed E-state index contributed by atoms with van der Waals surface area (Å²) in [5, 5.41) is 3.36. The molecule has 1 heterocycles. The van der Waals surface area contributed by atoms with Gasteiger partial charge in [0.25, 0.3) is 0 Å². The second-order valence-electron chi connectivity index (χ2n) is 3.59. The molecule has 98 valence electrons. The maximum atomic E-state index is 11.8. The number of hydrogen-bond donors (Lipinski definition) is 2. The van der Waals surface area contributed by atoms with Crippen LogP contribution in [0, 0.1) is 0 Å². The summed E-state index contributed by atoms with van der Waals surface area (Å²) in [5.74, 6) is 0.450. The number of thioether (sulfide) groups is 1. The molecular formula is C12H11BrN4OS. The van der Waals surface area contributed by atoms with Gasteiger partial charge in [-0.2, -0.15) is 0 Å². The number of nitrogens with two attached hydrogens (primary N) is 1. The molecule has 3 N–H and O–H groups in total.